The fourth-order valence-corrected chi connectivity index (χ4v) is 2.07. The highest BCUT2D eigenvalue weighted by Crippen LogP contribution is 2.17. The predicted octanol–water partition coefficient (Wildman–Crippen LogP) is 2.31. The number of hydrogen-bond donors (Lipinski definition) is 0. The molecule has 3 rings (SSSR count). The van der Waals surface area contributed by atoms with Gasteiger partial charge in [-0.2, -0.15) is 0 Å². The van der Waals surface area contributed by atoms with E-state index in [1.165, 1.54) is 0 Å². The van der Waals surface area contributed by atoms with Gasteiger partial charge >= 0.3 is 0 Å². The third kappa shape index (κ3) is 3.37. The smallest absolute Gasteiger partial charge is 0.230 e. The predicted molar refractivity (Wildman–Crippen MR) is 78.6 cm³/mol. The molecule has 0 saturated carbocycles. The van der Waals surface area contributed by atoms with E-state index in [4.69, 9.17) is 8.94 Å². The number of aromatic nitrogens is 4. The van der Waals surface area contributed by atoms with Crippen LogP contribution in [0.1, 0.15) is 24.5 Å². The van der Waals surface area contributed by atoms with Gasteiger partial charge in [-0.05, 0) is 19.2 Å². The van der Waals surface area contributed by atoms with E-state index in [1.54, 1.807) is 6.20 Å². The van der Waals surface area contributed by atoms with E-state index in [0.717, 1.165) is 23.6 Å². The lowest BCUT2D eigenvalue weighted by molar-refractivity contribution is 0.243. The molecule has 0 amide bonds. The molecule has 0 aromatic carbocycles. The van der Waals surface area contributed by atoms with Crippen LogP contribution in [-0.2, 0) is 19.5 Å². The summed E-state index contributed by atoms with van der Waals surface area (Å²) in [5, 5.41) is 12.0. The van der Waals surface area contributed by atoms with Gasteiger partial charge < -0.3 is 8.94 Å². The van der Waals surface area contributed by atoms with Crippen LogP contribution in [-0.4, -0.2) is 32.3 Å². The average Bonchev–Trinajstić information content (AvgIpc) is 3.17. The lowest BCUT2D eigenvalue weighted by Gasteiger charge is -2.11. The molecule has 114 valence electrons. The summed E-state index contributed by atoms with van der Waals surface area (Å²) in [4.78, 5) is 6.28. The van der Waals surface area contributed by atoms with Crippen LogP contribution in [0.5, 0.6) is 0 Å². The van der Waals surface area contributed by atoms with Gasteiger partial charge in [0, 0.05) is 18.7 Å². The molecule has 3 aromatic rings. The fraction of sp³-hybridized carbons (Fsp3) is 0.333. The van der Waals surface area contributed by atoms with Crippen molar-refractivity contribution in [3.8, 4) is 11.4 Å². The van der Waals surface area contributed by atoms with Crippen molar-refractivity contribution in [2.24, 2.45) is 0 Å². The maximum Gasteiger partial charge on any atom is 0.230 e. The highest BCUT2D eigenvalue weighted by atomic mass is 16.5. The van der Waals surface area contributed by atoms with E-state index in [2.05, 4.69) is 20.3 Å². The second-order valence-corrected chi connectivity index (χ2v) is 5.01. The summed E-state index contributed by atoms with van der Waals surface area (Å²) in [6, 6.07) is 7.58. The monoisotopic (exact) mass is 299 g/mol. The van der Waals surface area contributed by atoms with Gasteiger partial charge in [0.2, 0.25) is 11.8 Å². The molecule has 0 unspecified atom stereocenters. The van der Waals surface area contributed by atoms with Crippen molar-refractivity contribution in [2.75, 3.05) is 7.05 Å². The maximum absolute atomic E-state index is 5.50. The van der Waals surface area contributed by atoms with Gasteiger partial charge in [-0.1, -0.05) is 18.1 Å². The van der Waals surface area contributed by atoms with Crippen LogP contribution in [0.25, 0.3) is 11.4 Å². The van der Waals surface area contributed by atoms with Crippen molar-refractivity contribution in [1.82, 2.24) is 25.2 Å². The summed E-state index contributed by atoms with van der Waals surface area (Å²) in [5.41, 5.74) is 1.53. The summed E-state index contributed by atoms with van der Waals surface area (Å²) in [6.07, 6.45) is 2.48. The van der Waals surface area contributed by atoms with E-state index in [-0.39, 0.29) is 0 Å². The van der Waals surface area contributed by atoms with E-state index >= 15 is 0 Å². The lowest BCUT2D eigenvalue weighted by Crippen LogP contribution is -2.17. The summed E-state index contributed by atoms with van der Waals surface area (Å²) >= 11 is 0. The minimum Gasteiger partial charge on any atom is -0.424 e. The number of rotatable bonds is 6. The molecule has 7 nitrogen and oxygen atoms in total. The summed E-state index contributed by atoms with van der Waals surface area (Å²) < 4.78 is 10.9. The first kappa shape index (κ1) is 14.4. The molecule has 0 aliphatic carbocycles. The van der Waals surface area contributed by atoms with E-state index in [1.807, 2.05) is 43.1 Å². The molecule has 0 saturated heterocycles. The third-order valence-corrected chi connectivity index (χ3v) is 3.13. The van der Waals surface area contributed by atoms with Crippen LogP contribution in [0.3, 0.4) is 0 Å². The van der Waals surface area contributed by atoms with Gasteiger partial charge in [0.1, 0.15) is 5.69 Å². The Morgan fingerprint density at radius 2 is 1.95 bits per heavy atom. The van der Waals surface area contributed by atoms with E-state index in [0.29, 0.717) is 24.9 Å². The first-order valence-corrected chi connectivity index (χ1v) is 7.11. The Morgan fingerprint density at radius 1 is 1.09 bits per heavy atom. The van der Waals surface area contributed by atoms with Crippen molar-refractivity contribution in [3.05, 3.63) is 48.0 Å². The van der Waals surface area contributed by atoms with Gasteiger partial charge in [-0.3, -0.25) is 9.88 Å². The zero-order valence-corrected chi connectivity index (χ0v) is 12.6. The molecule has 0 fully saturated rings. The molecule has 0 bridgehead atoms. The third-order valence-electron chi connectivity index (χ3n) is 3.13. The van der Waals surface area contributed by atoms with Crippen LogP contribution < -0.4 is 0 Å². The van der Waals surface area contributed by atoms with Gasteiger partial charge in [0.15, 0.2) is 5.76 Å². The zero-order valence-electron chi connectivity index (χ0n) is 12.6. The van der Waals surface area contributed by atoms with Gasteiger partial charge in [0.05, 0.1) is 18.8 Å². The molecule has 7 heteroatoms. The number of pyridine rings is 1. The average molecular weight is 299 g/mol. The van der Waals surface area contributed by atoms with E-state index in [9.17, 15) is 0 Å². The van der Waals surface area contributed by atoms with Crippen molar-refractivity contribution < 1.29 is 8.94 Å². The van der Waals surface area contributed by atoms with Crippen LogP contribution in [0.15, 0.2) is 39.4 Å². The highest BCUT2D eigenvalue weighted by molar-refractivity contribution is 5.52. The van der Waals surface area contributed by atoms with Crippen LogP contribution in [0.4, 0.5) is 0 Å². The Balaban J connectivity index is 1.62. The largest absolute Gasteiger partial charge is 0.424 e. The van der Waals surface area contributed by atoms with Crippen LogP contribution >= 0.6 is 0 Å². The minimum absolute atomic E-state index is 0.562. The lowest BCUT2D eigenvalue weighted by atomic mass is 10.2. The Bertz CT molecular complexity index is 722. The number of aryl methyl sites for hydroxylation is 1. The van der Waals surface area contributed by atoms with Gasteiger partial charge in [-0.15, -0.1) is 10.2 Å². The fourth-order valence-electron chi connectivity index (χ4n) is 2.07. The topological polar surface area (TPSA) is 81.1 Å². The van der Waals surface area contributed by atoms with Crippen molar-refractivity contribution >= 4 is 0 Å². The molecule has 3 heterocycles. The second-order valence-electron chi connectivity index (χ2n) is 5.01. The minimum atomic E-state index is 0.562. The van der Waals surface area contributed by atoms with Crippen molar-refractivity contribution in [3.63, 3.8) is 0 Å². The standard InChI is InChI=1S/C15H17N5O2/c1-3-14-17-18-15(21-14)10-20(2)9-11-8-13(19-22-11)12-6-4-5-7-16-12/h4-8H,3,9-10H2,1-2H3. The second kappa shape index (κ2) is 6.48. The summed E-state index contributed by atoms with van der Waals surface area (Å²) in [5.74, 6) is 2.02. The molecule has 0 N–H and O–H groups in total. The Morgan fingerprint density at radius 3 is 2.68 bits per heavy atom. The van der Waals surface area contributed by atoms with Crippen LogP contribution in [0, 0.1) is 0 Å². The summed E-state index contributed by atoms with van der Waals surface area (Å²) in [6.45, 7) is 3.14. The molecule has 0 radical (unpaired) electrons. The van der Waals surface area contributed by atoms with Crippen molar-refractivity contribution in [1.29, 1.82) is 0 Å². The zero-order chi connectivity index (χ0) is 15.4. The Kier molecular flexibility index (Phi) is 4.24. The summed E-state index contributed by atoms with van der Waals surface area (Å²) in [7, 11) is 1.96. The molecule has 0 spiro atoms. The molecular formula is C15H17N5O2. The quantitative estimate of drug-likeness (QED) is 0.690. The maximum atomic E-state index is 5.50. The molecule has 0 atom stereocenters. The first-order valence-electron chi connectivity index (χ1n) is 7.11. The van der Waals surface area contributed by atoms with Crippen molar-refractivity contribution in [2.45, 2.75) is 26.4 Å². The first-order chi connectivity index (χ1) is 10.7. The molecule has 0 aliphatic heterocycles. The van der Waals surface area contributed by atoms with Gasteiger partial charge in [0.25, 0.3) is 0 Å². The highest BCUT2D eigenvalue weighted by Gasteiger charge is 2.12. The molecule has 3 aromatic heterocycles. The number of nitrogens with zero attached hydrogens (tertiary/aromatic N) is 5. The Labute approximate surface area is 128 Å². The van der Waals surface area contributed by atoms with Gasteiger partial charge in [-0.25, -0.2) is 0 Å². The van der Waals surface area contributed by atoms with Crippen LogP contribution in [0.2, 0.25) is 0 Å². The molecular weight excluding hydrogens is 282 g/mol. The Hall–Kier alpha value is -2.54. The SMILES string of the molecule is CCc1nnc(CN(C)Cc2cc(-c3ccccn3)no2)o1. The van der Waals surface area contributed by atoms with E-state index < -0.39 is 0 Å². The number of hydrogen-bond acceptors (Lipinski definition) is 7. The molecule has 0 aliphatic rings. The molecule has 22 heavy (non-hydrogen) atoms. The normalized spacial score (nSPS) is 11.2.